The highest BCUT2D eigenvalue weighted by atomic mass is 19.1. The Morgan fingerprint density at radius 1 is 1.29 bits per heavy atom. The number of ketones is 1. The van der Waals surface area contributed by atoms with E-state index in [1.807, 2.05) is 0 Å². The normalized spacial score (nSPS) is 10.5. The molecule has 0 saturated carbocycles. The minimum absolute atomic E-state index is 0.159. The number of Topliss-reactive ketones (excluding diaryl/α,β-unsaturated/α-hetero) is 1. The fourth-order valence-corrected chi connectivity index (χ4v) is 1.60. The number of halogens is 1. The molecule has 1 aromatic carbocycles. The largest absolute Gasteiger partial charge is 0.477 e. The van der Waals surface area contributed by atoms with E-state index in [4.69, 9.17) is 5.11 Å². The van der Waals surface area contributed by atoms with Crippen LogP contribution < -0.4 is 0 Å². The molecule has 17 heavy (non-hydrogen) atoms. The smallest absolute Gasteiger partial charge is 0.354 e. The van der Waals surface area contributed by atoms with E-state index in [9.17, 15) is 14.0 Å². The van der Waals surface area contributed by atoms with Gasteiger partial charge in [-0.05, 0) is 31.2 Å². The molecule has 1 N–H and O–H groups in total. The molecule has 0 amide bonds. The first kappa shape index (κ1) is 11.2. The maximum absolute atomic E-state index is 13.1. The summed E-state index contributed by atoms with van der Waals surface area (Å²) >= 11 is 0. The van der Waals surface area contributed by atoms with Gasteiger partial charge in [0.15, 0.2) is 5.78 Å². The molecule has 86 valence electrons. The number of carboxylic acid groups (broad SMARTS) is 1. The maximum Gasteiger partial charge on any atom is 0.354 e. The van der Waals surface area contributed by atoms with E-state index in [0.29, 0.717) is 5.39 Å². The van der Waals surface area contributed by atoms with Crippen LogP contribution in [-0.2, 0) is 0 Å². The summed E-state index contributed by atoms with van der Waals surface area (Å²) in [5.74, 6) is -2.05. The zero-order valence-corrected chi connectivity index (χ0v) is 8.90. The first-order valence-electron chi connectivity index (χ1n) is 4.83. The van der Waals surface area contributed by atoms with E-state index >= 15 is 0 Å². The SMILES string of the molecule is CC(=O)c1cc(C(=O)O)nc2ccc(F)cc12. The van der Waals surface area contributed by atoms with Crippen molar-refractivity contribution < 1.29 is 19.1 Å². The number of benzene rings is 1. The molecule has 0 atom stereocenters. The lowest BCUT2D eigenvalue weighted by Crippen LogP contribution is -2.05. The van der Waals surface area contributed by atoms with Crippen molar-refractivity contribution in [3.63, 3.8) is 0 Å². The minimum Gasteiger partial charge on any atom is -0.477 e. The molecule has 0 fully saturated rings. The number of carbonyl (C=O) groups is 2. The standard InChI is InChI=1S/C12H8FNO3/c1-6(15)8-5-11(12(16)17)14-10-3-2-7(13)4-9(8)10/h2-5H,1H3,(H,16,17). The van der Waals surface area contributed by atoms with Crippen LogP contribution in [0.25, 0.3) is 10.9 Å². The van der Waals surface area contributed by atoms with Crippen molar-refractivity contribution in [3.8, 4) is 0 Å². The number of aromatic nitrogens is 1. The third-order valence-electron chi connectivity index (χ3n) is 2.37. The molecule has 1 heterocycles. The van der Waals surface area contributed by atoms with Crippen LogP contribution in [0.15, 0.2) is 24.3 Å². The number of rotatable bonds is 2. The number of hydrogen-bond acceptors (Lipinski definition) is 3. The molecule has 0 radical (unpaired) electrons. The number of carboxylic acids is 1. The molecule has 4 nitrogen and oxygen atoms in total. The average Bonchev–Trinajstić information content (AvgIpc) is 2.27. The molecule has 0 bridgehead atoms. The summed E-state index contributed by atoms with van der Waals surface area (Å²) in [4.78, 5) is 26.1. The van der Waals surface area contributed by atoms with Crippen LogP contribution >= 0.6 is 0 Å². The highest BCUT2D eigenvalue weighted by molar-refractivity contribution is 6.07. The molecular weight excluding hydrogens is 225 g/mol. The summed E-state index contributed by atoms with van der Waals surface area (Å²) in [6.07, 6.45) is 0. The van der Waals surface area contributed by atoms with Crippen LogP contribution in [0.1, 0.15) is 27.8 Å². The topological polar surface area (TPSA) is 67.3 Å². The van der Waals surface area contributed by atoms with Gasteiger partial charge in [-0.2, -0.15) is 0 Å². The van der Waals surface area contributed by atoms with Crippen molar-refractivity contribution >= 4 is 22.7 Å². The average molecular weight is 233 g/mol. The zero-order valence-electron chi connectivity index (χ0n) is 8.90. The van der Waals surface area contributed by atoms with Crippen molar-refractivity contribution in [1.29, 1.82) is 0 Å². The van der Waals surface area contributed by atoms with E-state index in [1.54, 1.807) is 0 Å². The Morgan fingerprint density at radius 3 is 2.59 bits per heavy atom. The minimum atomic E-state index is -1.22. The summed E-state index contributed by atoms with van der Waals surface area (Å²) in [6.45, 7) is 1.30. The lowest BCUT2D eigenvalue weighted by atomic mass is 10.0. The Bertz CT molecular complexity index is 637. The Hall–Kier alpha value is -2.30. The third kappa shape index (κ3) is 1.99. The number of hydrogen-bond donors (Lipinski definition) is 1. The van der Waals surface area contributed by atoms with Crippen LogP contribution in [0.2, 0.25) is 0 Å². The predicted molar refractivity (Wildman–Crippen MR) is 58.7 cm³/mol. The van der Waals surface area contributed by atoms with E-state index in [2.05, 4.69) is 4.98 Å². The van der Waals surface area contributed by atoms with Gasteiger partial charge in [-0.15, -0.1) is 0 Å². The molecule has 0 aliphatic heterocycles. The lowest BCUT2D eigenvalue weighted by molar-refractivity contribution is 0.0691. The molecule has 1 aromatic heterocycles. The second kappa shape index (κ2) is 3.93. The molecule has 0 saturated heterocycles. The molecule has 0 aliphatic carbocycles. The van der Waals surface area contributed by atoms with Crippen LogP contribution in [0.3, 0.4) is 0 Å². The van der Waals surface area contributed by atoms with Crippen molar-refractivity contribution in [2.75, 3.05) is 0 Å². The Kier molecular flexibility index (Phi) is 2.59. The first-order valence-corrected chi connectivity index (χ1v) is 4.83. The number of carbonyl (C=O) groups excluding carboxylic acids is 1. The van der Waals surface area contributed by atoms with Gasteiger partial charge < -0.3 is 5.11 Å². The Labute approximate surface area is 95.7 Å². The second-order valence-corrected chi connectivity index (χ2v) is 3.58. The number of nitrogens with zero attached hydrogens (tertiary/aromatic N) is 1. The number of pyridine rings is 1. The number of fused-ring (bicyclic) bond motifs is 1. The second-order valence-electron chi connectivity index (χ2n) is 3.58. The first-order chi connectivity index (χ1) is 7.99. The third-order valence-corrected chi connectivity index (χ3v) is 2.37. The zero-order chi connectivity index (χ0) is 12.6. The fraction of sp³-hybridized carbons (Fsp3) is 0.0833. The molecule has 2 rings (SSSR count). The van der Waals surface area contributed by atoms with Crippen LogP contribution in [-0.4, -0.2) is 21.8 Å². The molecule has 2 aromatic rings. The van der Waals surface area contributed by atoms with Gasteiger partial charge in [0, 0.05) is 10.9 Å². The van der Waals surface area contributed by atoms with Crippen LogP contribution in [0.4, 0.5) is 4.39 Å². The van der Waals surface area contributed by atoms with Crippen molar-refractivity contribution in [2.45, 2.75) is 6.92 Å². The summed E-state index contributed by atoms with van der Waals surface area (Å²) in [7, 11) is 0. The van der Waals surface area contributed by atoms with Gasteiger partial charge in [0.2, 0.25) is 0 Å². The molecule has 0 aliphatic rings. The summed E-state index contributed by atoms with van der Waals surface area (Å²) in [5.41, 5.74) is 0.220. The van der Waals surface area contributed by atoms with E-state index in [-0.39, 0.29) is 22.6 Å². The van der Waals surface area contributed by atoms with Gasteiger partial charge in [0.1, 0.15) is 11.5 Å². The van der Waals surface area contributed by atoms with Crippen molar-refractivity contribution in [1.82, 2.24) is 4.98 Å². The lowest BCUT2D eigenvalue weighted by Gasteiger charge is -2.05. The Balaban J connectivity index is 2.86. The van der Waals surface area contributed by atoms with E-state index in [0.717, 1.165) is 6.07 Å². The van der Waals surface area contributed by atoms with Gasteiger partial charge in [0.25, 0.3) is 0 Å². The molecule has 5 heteroatoms. The highest BCUT2D eigenvalue weighted by Gasteiger charge is 2.13. The number of aromatic carboxylic acids is 1. The predicted octanol–water partition coefficient (Wildman–Crippen LogP) is 2.27. The monoisotopic (exact) mass is 233 g/mol. The summed E-state index contributed by atoms with van der Waals surface area (Å²) in [6, 6.07) is 4.85. The van der Waals surface area contributed by atoms with Crippen LogP contribution in [0.5, 0.6) is 0 Å². The van der Waals surface area contributed by atoms with Crippen LogP contribution in [0, 0.1) is 5.82 Å². The molecule has 0 unspecified atom stereocenters. The van der Waals surface area contributed by atoms with Crippen molar-refractivity contribution in [2.24, 2.45) is 0 Å². The highest BCUT2D eigenvalue weighted by Crippen LogP contribution is 2.20. The fourth-order valence-electron chi connectivity index (χ4n) is 1.60. The van der Waals surface area contributed by atoms with E-state index in [1.165, 1.54) is 25.1 Å². The summed E-state index contributed by atoms with van der Waals surface area (Å²) < 4.78 is 13.1. The van der Waals surface area contributed by atoms with Gasteiger partial charge in [-0.3, -0.25) is 4.79 Å². The van der Waals surface area contributed by atoms with Gasteiger partial charge in [-0.25, -0.2) is 14.2 Å². The Morgan fingerprint density at radius 2 is 2.00 bits per heavy atom. The van der Waals surface area contributed by atoms with Gasteiger partial charge >= 0.3 is 5.97 Å². The molecule has 0 spiro atoms. The van der Waals surface area contributed by atoms with Crippen molar-refractivity contribution in [3.05, 3.63) is 41.3 Å². The quantitative estimate of drug-likeness (QED) is 0.808. The molecular formula is C12H8FNO3. The van der Waals surface area contributed by atoms with Gasteiger partial charge in [-0.1, -0.05) is 0 Å². The summed E-state index contributed by atoms with van der Waals surface area (Å²) in [5, 5.41) is 9.18. The van der Waals surface area contributed by atoms with E-state index < -0.39 is 11.8 Å². The maximum atomic E-state index is 13.1. The van der Waals surface area contributed by atoms with Gasteiger partial charge in [0.05, 0.1) is 5.52 Å².